The van der Waals surface area contributed by atoms with Crippen molar-refractivity contribution < 1.29 is 4.79 Å². The highest BCUT2D eigenvalue weighted by atomic mass is 32.2. The molecule has 0 saturated carbocycles. The third kappa shape index (κ3) is 3.70. The minimum absolute atomic E-state index is 0.112. The van der Waals surface area contributed by atoms with Crippen LogP contribution in [0.15, 0.2) is 46.2 Å². The molecular formula is C14H12N4OS3. The van der Waals surface area contributed by atoms with Crippen LogP contribution in [0.5, 0.6) is 0 Å². The summed E-state index contributed by atoms with van der Waals surface area (Å²) in [5, 5.41) is 13.9. The summed E-state index contributed by atoms with van der Waals surface area (Å²) in [5.74, 6) is -0.112. The van der Waals surface area contributed by atoms with Crippen molar-refractivity contribution in [3.63, 3.8) is 0 Å². The Balaban J connectivity index is 1.83. The molecule has 22 heavy (non-hydrogen) atoms. The fraction of sp³-hybridized carbons (Fsp3) is 0.143. The molecule has 1 aromatic carbocycles. The van der Waals surface area contributed by atoms with E-state index in [0.717, 1.165) is 14.9 Å². The lowest BCUT2D eigenvalue weighted by molar-refractivity contribution is -0.115. The molecule has 0 spiro atoms. The van der Waals surface area contributed by atoms with Gasteiger partial charge in [-0.05, 0) is 12.5 Å². The molecule has 0 saturated heterocycles. The highest BCUT2D eigenvalue weighted by Gasteiger charge is 2.24. The van der Waals surface area contributed by atoms with E-state index in [1.54, 1.807) is 6.20 Å². The third-order valence-corrected chi connectivity index (χ3v) is 5.59. The van der Waals surface area contributed by atoms with Crippen molar-refractivity contribution in [1.29, 1.82) is 0 Å². The number of thioether (sulfide) groups is 1. The molecule has 0 unspecified atom stereocenters. The van der Waals surface area contributed by atoms with Crippen LogP contribution in [0.1, 0.15) is 15.8 Å². The minimum Gasteiger partial charge on any atom is -0.301 e. The molecule has 1 N–H and O–H groups in total. The molecule has 0 aliphatic rings. The summed E-state index contributed by atoms with van der Waals surface area (Å²) >= 11 is 4.28. The number of nitrogens with one attached hydrogen (secondary N) is 1. The number of amides is 1. The number of hydrogen-bond acceptors (Lipinski definition) is 7. The first-order valence-corrected chi connectivity index (χ1v) is 9.02. The Labute approximate surface area is 139 Å². The maximum atomic E-state index is 12.6. The number of thiazole rings is 1. The van der Waals surface area contributed by atoms with Crippen LogP contribution in [0.2, 0.25) is 0 Å². The summed E-state index contributed by atoms with van der Waals surface area (Å²) in [5.41, 5.74) is 0.925. The van der Waals surface area contributed by atoms with Gasteiger partial charge in [-0.25, -0.2) is 4.98 Å². The largest absolute Gasteiger partial charge is 0.301 e. The van der Waals surface area contributed by atoms with Crippen LogP contribution in [0.3, 0.4) is 0 Å². The molecule has 0 fully saturated rings. The van der Waals surface area contributed by atoms with Crippen LogP contribution < -0.4 is 5.32 Å². The van der Waals surface area contributed by atoms with Crippen LogP contribution in [-0.2, 0) is 4.79 Å². The van der Waals surface area contributed by atoms with Crippen molar-refractivity contribution in [1.82, 2.24) is 15.2 Å². The lowest BCUT2D eigenvalue weighted by atomic mass is 10.1. The maximum Gasteiger partial charge on any atom is 0.244 e. The van der Waals surface area contributed by atoms with E-state index in [-0.39, 0.29) is 5.91 Å². The average molecular weight is 348 g/mol. The zero-order chi connectivity index (χ0) is 15.4. The molecule has 0 bridgehead atoms. The van der Waals surface area contributed by atoms with Gasteiger partial charge < -0.3 is 5.32 Å². The monoisotopic (exact) mass is 348 g/mol. The van der Waals surface area contributed by atoms with Crippen molar-refractivity contribution in [2.45, 2.75) is 16.5 Å². The van der Waals surface area contributed by atoms with Gasteiger partial charge in [-0.15, -0.1) is 21.5 Å². The van der Waals surface area contributed by atoms with E-state index < -0.39 is 5.25 Å². The molecule has 0 aliphatic carbocycles. The summed E-state index contributed by atoms with van der Waals surface area (Å²) in [6.45, 7) is 1.90. The van der Waals surface area contributed by atoms with Gasteiger partial charge in [0.15, 0.2) is 9.47 Å². The summed E-state index contributed by atoms with van der Waals surface area (Å²) in [6, 6.07) is 9.65. The van der Waals surface area contributed by atoms with Crippen molar-refractivity contribution in [3.8, 4) is 0 Å². The number of benzene rings is 1. The van der Waals surface area contributed by atoms with Crippen LogP contribution in [-0.4, -0.2) is 21.1 Å². The number of aryl methyl sites for hydroxylation is 1. The number of carbonyl (C=O) groups is 1. The van der Waals surface area contributed by atoms with Crippen molar-refractivity contribution in [2.24, 2.45) is 0 Å². The SMILES string of the molecule is Cc1nnc(S[C@@H](C(=O)Nc2nccs2)c2ccccc2)s1. The lowest BCUT2D eigenvalue weighted by Gasteiger charge is -2.14. The number of nitrogens with zero attached hydrogens (tertiary/aromatic N) is 3. The first-order valence-electron chi connectivity index (χ1n) is 6.44. The third-order valence-electron chi connectivity index (χ3n) is 2.73. The van der Waals surface area contributed by atoms with Gasteiger partial charge in [-0.1, -0.05) is 53.4 Å². The first kappa shape index (κ1) is 15.1. The predicted molar refractivity (Wildman–Crippen MR) is 90.4 cm³/mol. The van der Waals surface area contributed by atoms with E-state index in [4.69, 9.17) is 0 Å². The quantitative estimate of drug-likeness (QED) is 0.711. The maximum absolute atomic E-state index is 12.6. The van der Waals surface area contributed by atoms with Gasteiger partial charge in [0.1, 0.15) is 10.3 Å². The highest BCUT2D eigenvalue weighted by Crippen LogP contribution is 2.37. The molecule has 5 nitrogen and oxygen atoms in total. The van der Waals surface area contributed by atoms with E-state index in [9.17, 15) is 4.79 Å². The molecule has 3 aromatic rings. The van der Waals surface area contributed by atoms with Crippen LogP contribution in [0.4, 0.5) is 5.13 Å². The Morgan fingerprint density at radius 1 is 1.27 bits per heavy atom. The van der Waals surface area contributed by atoms with Gasteiger partial charge in [0.2, 0.25) is 5.91 Å². The summed E-state index contributed by atoms with van der Waals surface area (Å²) in [4.78, 5) is 16.7. The fourth-order valence-corrected chi connectivity index (χ4v) is 4.32. The Kier molecular flexibility index (Phi) is 4.81. The molecule has 0 aliphatic heterocycles. The lowest BCUT2D eigenvalue weighted by Crippen LogP contribution is -2.18. The molecule has 1 atom stereocenters. The van der Waals surface area contributed by atoms with Crippen LogP contribution in [0.25, 0.3) is 0 Å². The minimum atomic E-state index is -0.391. The van der Waals surface area contributed by atoms with E-state index in [1.807, 2.05) is 42.6 Å². The van der Waals surface area contributed by atoms with Gasteiger partial charge in [0.25, 0.3) is 0 Å². The Morgan fingerprint density at radius 3 is 2.73 bits per heavy atom. The van der Waals surface area contributed by atoms with Gasteiger partial charge in [-0.2, -0.15) is 0 Å². The smallest absolute Gasteiger partial charge is 0.244 e. The Bertz CT molecular complexity index is 743. The predicted octanol–water partition coefficient (Wildman–Crippen LogP) is 3.78. The zero-order valence-electron chi connectivity index (χ0n) is 11.6. The second-order valence-corrected chi connectivity index (χ2v) is 7.75. The summed E-state index contributed by atoms with van der Waals surface area (Å²) in [6.07, 6.45) is 1.67. The van der Waals surface area contributed by atoms with Crippen LogP contribution >= 0.6 is 34.4 Å². The molecule has 2 heterocycles. The Morgan fingerprint density at radius 2 is 2.09 bits per heavy atom. The number of carbonyl (C=O) groups excluding carboxylic acids is 1. The molecule has 112 valence electrons. The molecule has 1 amide bonds. The normalized spacial score (nSPS) is 12.0. The first-order chi connectivity index (χ1) is 10.7. The van der Waals surface area contributed by atoms with Crippen molar-refractivity contribution in [2.75, 3.05) is 5.32 Å². The number of rotatable bonds is 5. The molecule has 2 aromatic heterocycles. The fourth-order valence-electron chi connectivity index (χ4n) is 1.78. The van der Waals surface area contributed by atoms with Crippen molar-refractivity contribution in [3.05, 3.63) is 52.5 Å². The summed E-state index contributed by atoms with van der Waals surface area (Å²) in [7, 11) is 0. The van der Waals surface area contributed by atoms with Gasteiger partial charge >= 0.3 is 0 Å². The van der Waals surface area contributed by atoms with Crippen LogP contribution in [0, 0.1) is 6.92 Å². The number of hydrogen-bond donors (Lipinski definition) is 1. The number of aromatic nitrogens is 3. The number of anilines is 1. The average Bonchev–Trinajstić information content (AvgIpc) is 3.17. The molecule has 3 rings (SSSR count). The van der Waals surface area contributed by atoms with E-state index in [2.05, 4.69) is 20.5 Å². The second kappa shape index (κ2) is 6.99. The van der Waals surface area contributed by atoms with Gasteiger partial charge in [-0.3, -0.25) is 4.79 Å². The highest BCUT2D eigenvalue weighted by molar-refractivity contribution is 8.01. The van der Waals surface area contributed by atoms with Gasteiger partial charge in [0, 0.05) is 11.6 Å². The van der Waals surface area contributed by atoms with E-state index in [1.165, 1.54) is 34.4 Å². The van der Waals surface area contributed by atoms with E-state index >= 15 is 0 Å². The molecule has 0 radical (unpaired) electrons. The molecular weight excluding hydrogens is 336 g/mol. The molecule has 8 heteroatoms. The topological polar surface area (TPSA) is 67.8 Å². The van der Waals surface area contributed by atoms with Gasteiger partial charge in [0.05, 0.1) is 0 Å². The zero-order valence-corrected chi connectivity index (χ0v) is 14.0. The summed E-state index contributed by atoms with van der Waals surface area (Å²) < 4.78 is 0.778. The standard InChI is InChI=1S/C14H12N4OS3/c1-9-17-18-14(21-9)22-11(10-5-3-2-4-6-10)12(19)16-13-15-7-8-20-13/h2-8,11H,1H3,(H,15,16,19)/t11-/m1/s1. The Hall–Kier alpha value is -1.77. The van der Waals surface area contributed by atoms with E-state index in [0.29, 0.717) is 5.13 Å². The second-order valence-electron chi connectivity index (χ2n) is 4.32. The van der Waals surface area contributed by atoms with Crippen molar-refractivity contribution >= 4 is 45.5 Å².